The smallest absolute Gasteiger partial charge is 0.317 e. The van der Waals surface area contributed by atoms with Crippen LogP contribution in [-0.4, -0.2) is 38.9 Å². The van der Waals surface area contributed by atoms with E-state index in [-0.39, 0.29) is 12.2 Å². The first-order valence-corrected chi connectivity index (χ1v) is 5.04. The zero-order valence-corrected chi connectivity index (χ0v) is 8.54. The van der Waals surface area contributed by atoms with E-state index in [2.05, 4.69) is 0 Å². The number of carbonyl (C=O) groups is 3. The van der Waals surface area contributed by atoms with E-state index in [9.17, 15) is 14.4 Å². The van der Waals surface area contributed by atoms with Gasteiger partial charge in [0, 0.05) is 12.2 Å². The lowest BCUT2D eigenvalue weighted by Crippen LogP contribution is -2.21. The second kappa shape index (κ2) is 6.42. The maximum atomic E-state index is 10.5. The van der Waals surface area contributed by atoms with Crippen molar-refractivity contribution in [3.8, 4) is 0 Å². The van der Waals surface area contributed by atoms with Crippen molar-refractivity contribution in [3.05, 3.63) is 0 Å². The molecular weight excluding hydrogens is 208 g/mol. The number of hydrogen-bond donors (Lipinski definition) is 2. The van der Waals surface area contributed by atoms with Gasteiger partial charge in [0.1, 0.15) is 11.0 Å². The second-order valence-electron chi connectivity index (χ2n) is 2.75. The molecule has 0 heterocycles. The fraction of sp³-hybridized carbons (Fsp3) is 0.625. The molecule has 0 fully saturated rings. The quantitative estimate of drug-likeness (QED) is 0.653. The van der Waals surface area contributed by atoms with E-state index in [1.54, 1.807) is 0 Å². The van der Waals surface area contributed by atoms with E-state index in [0.29, 0.717) is 5.75 Å². The lowest BCUT2D eigenvalue weighted by Gasteiger charge is -2.07. The molecule has 0 bridgehead atoms. The number of rotatable bonds is 7. The van der Waals surface area contributed by atoms with Gasteiger partial charge >= 0.3 is 11.9 Å². The van der Waals surface area contributed by atoms with Gasteiger partial charge in [0.25, 0.3) is 0 Å². The summed E-state index contributed by atoms with van der Waals surface area (Å²) in [6.45, 7) is 1.41. The molecule has 14 heavy (non-hydrogen) atoms. The van der Waals surface area contributed by atoms with Crippen molar-refractivity contribution >= 4 is 29.5 Å². The molecule has 0 aromatic rings. The lowest BCUT2D eigenvalue weighted by atomic mass is 10.3. The molecule has 1 atom stereocenters. The van der Waals surface area contributed by atoms with Crippen molar-refractivity contribution < 1.29 is 24.6 Å². The third-order valence-corrected chi connectivity index (χ3v) is 2.62. The van der Waals surface area contributed by atoms with Crippen LogP contribution in [0.25, 0.3) is 0 Å². The molecule has 0 aromatic heterocycles. The minimum atomic E-state index is -1.15. The fourth-order valence-corrected chi connectivity index (χ4v) is 1.81. The molecule has 0 aromatic carbocycles. The molecule has 0 aliphatic heterocycles. The number of carboxylic acid groups (broad SMARTS) is 2. The molecule has 2 N–H and O–H groups in total. The maximum Gasteiger partial charge on any atom is 0.317 e. The van der Waals surface area contributed by atoms with Crippen molar-refractivity contribution in [2.75, 3.05) is 5.75 Å². The molecule has 0 aliphatic carbocycles. The largest absolute Gasteiger partial charge is 0.481 e. The highest BCUT2D eigenvalue weighted by Crippen LogP contribution is 2.16. The predicted molar refractivity (Wildman–Crippen MR) is 51.4 cm³/mol. The van der Waals surface area contributed by atoms with Gasteiger partial charge in [0.05, 0.1) is 6.42 Å². The number of carbonyl (C=O) groups excluding carboxylic acids is 1. The van der Waals surface area contributed by atoms with Gasteiger partial charge < -0.3 is 10.2 Å². The van der Waals surface area contributed by atoms with Crippen LogP contribution in [0.5, 0.6) is 0 Å². The summed E-state index contributed by atoms with van der Waals surface area (Å²) in [5.74, 6) is -1.98. The van der Waals surface area contributed by atoms with Gasteiger partial charge in [-0.25, -0.2) is 0 Å². The molecule has 0 spiro atoms. The number of carboxylic acids is 2. The second-order valence-corrected chi connectivity index (χ2v) is 4.06. The zero-order chi connectivity index (χ0) is 11.1. The summed E-state index contributed by atoms with van der Waals surface area (Å²) < 4.78 is 0. The highest BCUT2D eigenvalue weighted by molar-refractivity contribution is 8.00. The summed E-state index contributed by atoms with van der Waals surface area (Å²) in [6, 6.07) is 0. The van der Waals surface area contributed by atoms with Crippen molar-refractivity contribution in [1.82, 2.24) is 0 Å². The van der Waals surface area contributed by atoms with Crippen molar-refractivity contribution in [2.24, 2.45) is 0 Å². The number of Topliss-reactive ketones (excluding diaryl/α,β-unsaturated/α-hetero) is 1. The van der Waals surface area contributed by atoms with E-state index >= 15 is 0 Å². The number of aliphatic carboxylic acids is 2. The van der Waals surface area contributed by atoms with Gasteiger partial charge in [-0.1, -0.05) is 0 Å². The molecule has 0 radical (unpaired) electrons. The highest BCUT2D eigenvalue weighted by Gasteiger charge is 2.21. The Morgan fingerprint density at radius 2 is 1.86 bits per heavy atom. The van der Waals surface area contributed by atoms with Gasteiger partial charge in [-0.15, -0.1) is 11.8 Å². The SMILES string of the molecule is CC(=O)CCSC(CC(=O)O)C(=O)O. The number of thioether (sulfide) groups is 1. The van der Waals surface area contributed by atoms with Crippen molar-refractivity contribution in [1.29, 1.82) is 0 Å². The summed E-state index contributed by atoms with van der Waals surface area (Å²) in [4.78, 5) is 31.3. The number of ketones is 1. The minimum absolute atomic E-state index is 0.0306. The van der Waals surface area contributed by atoms with Crippen LogP contribution in [0.1, 0.15) is 19.8 Å². The summed E-state index contributed by atoms with van der Waals surface area (Å²) in [5.41, 5.74) is 0. The highest BCUT2D eigenvalue weighted by atomic mass is 32.2. The van der Waals surface area contributed by atoms with Crippen LogP contribution in [0, 0.1) is 0 Å². The van der Waals surface area contributed by atoms with Crippen molar-refractivity contribution in [3.63, 3.8) is 0 Å². The first-order valence-electron chi connectivity index (χ1n) is 3.99. The topological polar surface area (TPSA) is 91.7 Å². The Bertz CT molecular complexity index is 238. The van der Waals surface area contributed by atoms with Crippen LogP contribution < -0.4 is 0 Å². The van der Waals surface area contributed by atoms with E-state index in [1.165, 1.54) is 6.92 Å². The molecule has 0 aliphatic rings. The number of hydrogen-bond acceptors (Lipinski definition) is 4. The standard InChI is InChI=1S/C8H12O5S/c1-5(9)2-3-14-6(8(12)13)4-7(10)11/h6H,2-4H2,1H3,(H,10,11)(H,12,13). The molecule has 0 saturated heterocycles. The van der Waals surface area contributed by atoms with E-state index in [0.717, 1.165) is 11.8 Å². The monoisotopic (exact) mass is 220 g/mol. The van der Waals surface area contributed by atoms with E-state index < -0.39 is 23.6 Å². The summed E-state index contributed by atoms with van der Waals surface area (Å²) in [5, 5.41) is 16.1. The third kappa shape index (κ3) is 6.47. The zero-order valence-electron chi connectivity index (χ0n) is 7.73. The molecule has 5 nitrogen and oxygen atoms in total. The van der Waals surface area contributed by atoms with Crippen LogP contribution in [0.4, 0.5) is 0 Å². The van der Waals surface area contributed by atoms with Crippen LogP contribution in [0.2, 0.25) is 0 Å². The van der Waals surface area contributed by atoms with Crippen LogP contribution >= 0.6 is 11.8 Å². The van der Waals surface area contributed by atoms with Gasteiger partial charge in [-0.3, -0.25) is 14.4 Å². The Morgan fingerprint density at radius 3 is 2.21 bits per heavy atom. The van der Waals surface area contributed by atoms with Crippen LogP contribution in [0.3, 0.4) is 0 Å². The first kappa shape index (κ1) is 13.0. The fourth-order valence-electron chi connectivity index (χ4n) is 0.721. The average Bonchev–Trinajstić information content (AvgIpc) is 2.00. The average molecular weight is 220 g/mol. The van der Waals surface area contributed by atoms with Gasteiger partial charge in [-0.2, -0.15) is 0 Å². The summed E-state index contributed by atoms with van der Waals surface area (Å²) in [7, 11) is 0. The minimum Gasteiger partial charge on any atom is -0.481 e. The Balaban J connectivity index is 3.91. The van der Waals surface area contributed by atoms with Gasteiger partial charge in [-0.05, 0) is 6.92 Å². The van der Waals surface area contributed by atoms with Gasteiger partial charge in [0.2, 0.25) is 0 Å². The Kier molecular flexibility index (Phi) is 5.94. The van der Waals surface area contributed by atoms with Crippen LogP contribution in [0.15, 0.2) is 0 Å². The van der Waals surface area contributed by atoms with E-state index in [4.69, 9.17) is 10.2 Å². The van der Waals surface area contributed by atoms with E-state index in [1.807, 2.05) is 0 Å². The molecule has 0 amide bonds. The molecule has 0 rings (SSSR count). The maximum absolute atomic E-state index is 10.5. The third-order valence-electron chi connectivity index (χ3n) is 1.41. The van der Waals surface area contributed by atoms with Gasteiger partial charge in [0.15, 0.2) is 0 Å². The van der Waals surface area contributed by atoms with Crippen molar-refractivity contribution in [2.45, 2.75) is 25.0 Å². The lowest BCUT2D eigenvalue weighted by molar-refractivity contribution is -0.142. The first-order chi connectivity index (χ1) is 6.43. The molecule has 0 saturated carbocycles. The molecule has 80 valence electrons. The summed E-state index contributed by atoms with van der Waals surface area (Å²) in [6.07, 6.45) is -0.147. The Morgan fingerprint density at radius 1 is 1.29 bits per heavy atom. The normalized spacial score (nSPS) is 12.1. The Labute approximate surface area is 85.5 Å². The molecular formula is C8H12O5S. The molecule has 1 unspecified atom stereocenters. The van der Waals surface area contributed by atoms with Crippen LogP contribution in [-0.2, 0) is 14.4 Å². The molecule has 6 heteroatoms. The summed E-state index contributed by atoms with van der Waals surface area (Å²) >= 11 is 0.985. The Hall–Kier alpha value is -1.04. The predicted octanol–water partition coefficient (Wildman–Crippen LogP) is 0.627.